The van der Waals surface area contributed by atoms with Crippen molar-refractivity contribution in [1.82, 2.24) is 10.6 Å². The molecule has 1 aromatic rings. The summed E-state index contributed by atoms with van der Waals surface area (Å²) < 4.78 is 16.1. The van der Waals surface area contributed by atoms with Crippen molar-refractivity contribution in [1.29, 1.82) is 0 Å². The van der Waals surface area contributed by atoms with Gasteiger partial charge in [-0.2, -0.15) is 0 Å². The van der Waals surface area contributed by atoms with E-state index in [1.54, 1.807) is 7.11 Å². The highest BCUT2D eigenvalue weighted by molar-refractivity contribution is 14.0. The molecule has 1 aromatic carbocycles. The molecule has 7 heteroatoms. The predicted octanol–water partition coefficient (Wildman–Crippen LogP) is 2.28. The smallest absolute Gasteiger partial charge is 0.191 e. The first-order valence-electron chi connectivity index (χ1n) is 7.67. The molecule has 0 saturated carbocycles. The van der Waals surface area contributed by atoms with Crippen molar-refractivity contribution in [2.75, 3.05) is 46.6 Å². The maximum absolute atomic E-state index is 5.67. The largest absolute Gasteiger partial charge is 0.497 e. The zero-order chi connectivity index (χ0) is 16.0. The second-order valence-corrected chi connectivity index (χ2v) is 4.41. The van der Waals surface area contributed by atoms with E-state index in [2.05, 4.69) is 15.6 Å². The van der Waals surface area contributed by atoms with Crippen molar-refractivity contribution in [3.63, 3.8) is 0 Å². The van der Waals surface area contributed by atoms with E-state index in [9.17, 15) is 0 Å². The Kier molecular flexibility index (Phi) is 13.6. The Hall–Kier alpha value is -1.22. The third-order valence-electron chi connectivity index (χ3n) is 2.76. The number of halogens is 1. The van der Waals surface area contributed by atoms with Gasteiger partial charge in [-0.3, -0.25) is 4.99 Å². The molecule has 0 radical (unpaired) electrons. The fraction of sp³-hybridized carbons (Fsp3) is 0.562. The third-order valence-corrected chi connectivity index (χ3v) is 2.76. The topological polar surface area (TPSA) is 64.1 Å². The van der Waals surface area contributed by atoms with E-state index in [0.717, 1.165) is 24.0 Å². The minimum atomic E-state index is 0. The van der Waals surface area contributed by atoms with Crippen LogP contribution >= 0.6 is 24.0 Å². The van der Waals surface area contributed by atoms with Gasteiger partial charge in [0.2, 0.25) is 0 Å². The first-order chi connectivity index (χ1) is 10.8. The summed E-state index contributed by atoms with van der Waals surface area (Å²) in [6.45, 7) is 8.02. The van der Waals surface area contributed by atoms with Crippen molar-refractivity contribution >= 4 is 29.9 Å². The number of benzene rings is 1. The second-order valence-electron chi connectivity index (χ2n) is 4.41. The summed E-state index contributed by atoms with van der Waals surface area (Å²) in [5.74, 6) is 2.35. The first-order valence-corrected chi connectivity index (χ1v) is 7.67. The minimum Gasteiger partial charge on any atom is -0.497 e. The highest BCUT2D eigenvalue weighted by Crippen LogP contribution is 2.18. The van der Waals surface area contributed by atoms with Crippen molar-refractivity contribution in [3.8, 4) is 11.5 Å². The number of methoxy groups -OCH3 is 1. The molecule has 0 saturated heterocycles. The first kappa shape index (κ1) is 21.8. The van der Waals surface area contributed by atoms with Gasteiger partial charge in [0.15, 0.2) is 5.96 Å². The number of nitrogens with zero attached hydrogens (tertiary/aromatic N) is 1. The van der Waals surface area contributed by atoms with Crippen LogP contribution in [0.4, 0.5) is 0 Å². The molecule has 0 bridgehead atoms. The van der Waals surface area contributed by atoms with Gasteiger partial charge in [0.05, 0.1) is 26.8 Å². The normalized spacial score (nSPS) is 10.7. The molecule has 0 unspecified atom stereocenters. The molecule has 132 valence electrons. The molecule has 0 aromatic heterocycles. The van der Waals surface area contributed by atoms with Crippen LogP contribution < -0.4 is 20.1 Å². The van der Waals surface area contributed by atoms with Gasteiger partial charge in [-0.05, 0) is 26.0 Å². The molecule has 0 fully saturated rings. The monoisotopic (exact) mass is 437 g/mol. The lowest BCUT2D eigenvalue weighted by Gasteiger charge is -2.12. The highest BCUT2D eigenvalue weighted by atomic mass is 127. The van der Waals surface area contributed by atoms with Crippen LogP contribution in [0.25, 0.3) is 0 Å². The summed E-state index contributed by atoms with van der Waals surface area (Å²) >= 11 is 0. The lowest BCUT2D eigenvalue weighted by Crippen LogP contribution is -2.39. The minimum absolute atomic E-state index is 0. The Labute approximate surface area is 156 Å². The van der Waals surface area contributed by atoms with E-state index in [-0.39, 0.29) is 24.0 Å². The van der Waals surface area contributed by atoms with E-state index in [1.165, 1.54) is 0 Å². The zero-order valence-corrected chi connectivity index (χ0v) is 16.5. The summed E-state index contributed by atoms with van der Waals surface area (Å²) in [6, 6.07) is 7.56. The van der Waals surface area contributed by atoms with Crippen LogP contribution in [-0.4, -0.2) is 52.5 Å². The predicted molar refractivity (Wildman–Crippen MR) is 104 cm³/mol. The number of ether oxygens (including phenoxy) is 3. The van der Waals surface area contributed by atoms with Crippen molar-refractivity contribution in [2.24, 2.45) is 4.99 Å². The van der Waals surface area contributed by atoms with E-state index in [4.69, 9.17) is 14.2 Å². The number of nitrogens with one attached hydrogen (secondary N) is 2. The zero-order valence-electron chi connectivity index (χ0n) is 14.1. The number of hydrogen-bond acceptors (Lipinski definition) is 4. The van der Waals surface area contributed by atoms with Gasteiger partial charge in [-0.25, -0.2) is 0 Å². The fourth-order valence-corrected chi connectivity index (χ4v) is 1.74. The summed E-state index contributed by atoms with van der Waals surface area (Å²) in [5, 5.41) is 6.41. The summed E-state index contributed by atoms with van der Waals surface area (Å²) in [6.07, 6.45) is 0. The average molecular weight is 437 g/mol. The van der Waals surface area contributed by atoms with Gasteiger partial charge in [-0.1, -0.05) is 6.07 Å². The van der Waals surface area contributed by atoms with Crippen LogP contribution in [0, 0.1) is 0 Å². The van der Waals surface area contributed by atoms with E-state index in [0.29, 0.717) is 32.9 Å². The van der Waals surface area contributed by atoms with Crippen LogP contribution in [-0.2, 0) is 4.74 Å². The van der Waals surface area contributed by atoms with Gasteiger partial charge < -0.3 is 24.8 Å². The van der Waals surface area contributed by atoms with Crippen LogP contribution in [0.5, 0.6) is 11.5 Å². The summed E-state index contributed by atoms with van der Waals surface area (Å²) in [5.41, 5.74) is 0. The summed E-state index contributed by atoms with van der Waals surface area (Å²) in [7, 11) is 1.64. The molecule has 0 amide bonds. The Bertz CT molecular complexity index is 444. The second kappa shape index (κ2) is 14.4. The van der Waals surface area contributed by atoms with Crippen molar-refractivity contribution in [3.05, 3.63) is 24.3 Å². The molecule has 0 aliphatic rings. The molecule has 0 aliphatic carbocycles. The standard InChI is InChI=1S/C16H27N3O3.HI/c1-4-17-16(18-9-11-21-5-2)19-10-12-22-15-8-6-7-14(13-15)20-3;/h6-8,13H,4-5,9-12H2,1-3H3,(H2,17,18,19);1H. The molecule has 6 nitrogen and oxygen atoms in total. The van der Waals surface area contributed by atoms with Crippen molar-refractivity contribution < 1.29 is 14.2 Å². The molecule has 0 heterocycles. The van der Waals surface area contributed by atoms with Crippen molar-refractivity contribution in [2.45, 2.75) is 13.8 Å². The summed E-state index contributed by atoms with van der Waals surface area (Å²) in [4.78, 5) is 4.42. The highest BCUT2D eigenvalue weighted by Gasteiger charge is 1.99. The maximum atomic E-state index is 5.67. The molecule has 2 N–H and O–H groups in total. The fourth-order valence-electron chi connectivity index (χ4n) is 1.74. The average Bonchev–Trinajstić information content (AvgIpc) is 2.55. The molecule has 0 atom stereocenters. The Morgan fingerprint density at radius 2 is 1.91 bits per heavy atom. The van der Waals surface area contributed by atoms with Gasteiger partial charge >= 0.3 is 0 Å². The van der Waals surface area contributed by atoms with E-state index < -0.39 is 0 Å². The molecule has 1 rings (SSSR count). The number of guanidine groups is 1. The SMILES string of the molecule is CCNC(=NCCOCC)NCCOc1cccc(OC)c1.I. The lowest BCUT2D eigenvalue weighted by atomic mass is 10.3. The Morgan fingerprint density at radius 1 is 1.13 bits per heavy atom. The van der Waals surface area contributed by atoms with Gasteiger partial charge in [-0.15, -0.1) is 24.0 Å². The van der Waals surface area contributed by atoms with Crippen LogP contribution in [0.15, 0.2) is 29.3 Å². The lowest BCUT2D eigenvalue weighted by molar-refractivity contribution is 0.155. The van der Waals surface area contributed by atoms with Gasteiger partial charge in [0.1, 0.15) is 18.1 Å². The Morgan fingerprint density at radius 3 is 2.61 bits per heavy atom. The maximum Gasteiger partial charge on any atom is 0.191 e. The Balaban J connectivity index is 0.00000484. The van der Waals surface area contributed by atoms with Crippen LogP contribution in [0.3, 0.4) is 0 Å². The van der Waals surface area contributed by atoms with Gasteiger partial charge in [0, 0.05) is 19.2 Å². The van der Waals surface area contributed by atoms with E-state index >= 15 is 0 Å². The molecular formula is C16H28IN3O3. The van der Waals surface area contributed by atoms with Crippen LogP contribution in [0.1, 0.15) is 13.8 Å². The number of aliphatic imine (C=N–C) groups is 1. The molecule has 0 aliphatic heterocycles. The number of hydrogen-bond donors (Lipinski definition) is 2. The third kappa shape index (κ3) is 10.2. The molecular weight excluding hydrogens is 409 g/mol. The molecule has 23 heavy (non-hydrogen) atoms. The van der Waals surface area contributed by atoms with Gasteiger partial charge in [0.25, 0.3) is 0 Å². The number of rotatable bonds is 10. The van der Waals surface area contributed by atoms with Crippen LogP contribution in [0.2, 0.25) is 0 Å². The quantitative estimate of drug-likeness (QED) is 0.255. The molecule has 0 spiro atoms. The van der Waals surface area contributed by atoms with E-state index in [1.807, 2.05) is 38.1 Å².